The molecule has 0 bridgehead atoms. The summed E-state index contributed by atoms with van der Waals surface area (Å²) < 4.78 is 36.9. The number of hydrogen-bond donors (Lipinski definition) is 1. The van der Waals surface area contributed by atoms with E-state index in [1.165, 1.54) is 0 Å². The molecular weight excluding hydrogens is 302 g/mol. The molecule has 0 aliphatic heterocycles. The second-order valence-electron chi connectivity index (χ2n) is 5.46. The molecule has 0 spiro atoms. The second kappa shape index (κ2) is 9.12. The van der Waals surface area contributed by atoms with Crippen LogP contribution in [0.1, 0.15) is 40.6 Å². The highest BCUT2D eigenvalue weighted by Crippen LogP contribution is 2.19. The molecule has 1 aromatic carbocycles. The van der Waals surface area contributed by atoms with Crippen molar-refractivity contribution in [1.82, 2.24) is 4.72 Å². The third-order valence-corrected chi connectivity index (χ3v) is 5.17. The smallest absolute Gasteiger partial charge is 0.213 e. The van der Waals surface area contributed by atoms with E-state index in [2.05, 4.69) is 4.72 Å². The number of hydrogen-bond acceptors (Lipinski definition) is 4. The average molecular weight is 331 g/mol. The van der Waals surface area contributed by atoms with Gasteiger partial charge in [0.2, 0.25) is 10.0 Å². The summed E-state index contributed by atoms with van der Waals surface area (Å²) in [6.45, 7) is 9.46. The first-order chi connectivity index (χ1) is 10.4. The summed E-state index contributed by atoms with van der Waals surface area (Å²) in [5, 5.41) is -0.416. The zero-order chi connectivity index (χ0) is 16.6. The predicted molar refractivity (Wildman–Crippen MR) is 91.0 cm³/mol. The minimum atomic E-state index is -3.22. The summed E-state index contributed by atoms with van der Waals surface area (Å²) in [5.74, 6) is 0.893. The summed E-state index contributed by atoms with van der Waals surface area (Å²) in [7, 11) is -3.22. The molecule has 1 unspecified atom stereocenters. The van der Waals surface area contributed by atoms with Crippen LogP contribution in [-0.2, 0) is 14.8 Å². The number of ether oxygens (including phenoxy) is 2. The Morgan fingerprint density at radius 2 is 1.77 bits per heavy atom. The first-order valence-corrected chi connectivity index (χ1v) is 9.20. The molecule has 0 radical (unpaired) electrons. The molecule has 1 atom stereocenters. The van der Waals surface area contributed by atoms with Crippen molar-refractivity contribution in [2.45, 2.75) is 38.9 Å². The monoisotopic (exact) mass is 331 g/mol. The lowest BCUT2D eigenvalue weighted by molar-refractivity contribution is 0.110. The number of sulfonamides is 1. The maximum Gasteiger partial charge on any atom is 0.213 e. The van der Waals surface area contributed by atoms with Gasteiger partial charge < -0.3 is 9.47 Å². The Morgan fingerprint density at radius 1 is 1.14 bits per heavy atom. The van der Waals surface area contributed by atoms with Gasteiger partial charge in [0.15, 0.2) is 0 Å². The quantitative estimate of drug-likeness (QED) is 0.670. The fourth-order valence-corrected chi connectivity index (χ4v) is 2.60. The van der Waals surface area contributed by atoms with E-state index in [1.807, 2.05) is 38.1 Å². The van der Waals surface area contributed by atoms with Crippen LogP contribution in [0.4, 0.5) is 0 Å². The van der Waals surface area contributed by atoms with Crippen LogP contribution in [0.5, 0.6) is 5.75 Å². The second-order valence-corrected chi connectivity index (χ2v) is 7.78. The van der Waals surface area contributed by atoms with E-state index < -0.39 is 15.3 Å². The molecule has 0 amide bonds. The van der Waals surface area contributed by atoms with Crippen molar-refractivity contribution in [3.8, 4) is 5.75 Å². The number of benzene rings is 1. The fraction of sp³-hybridized carbons (Fsp3) is 0.625. The van der Waals surface area contributed by atoms with Gasteiger partial charge in [-0.1, -0.05) is 19.1 Å². The Morgan fingerprint density at radius 3 is 2.32 bits per heavy atom. The van der Waals surface area contributed by atoms with Crippen LogP contribution in [0.25, 0.3) is 0 Å². The van der Waals surface area contributed by atoms with Crippen molar-refractivity contribution >= 4 is 10.0 Å². The normalized spacial score (nSPS) is 13.3. The van der Waals surface area contributed by atoms with Gasteiger partial charge in [0.05, 0.1) is 11.9 Å². The predicted octanol–water partition coefficient (Wildman–Crippen LogP) is 2.78. The third-order valence-electron chi connectivity index (χ3n) is 3.36. The van der Waals surface area contributed by atoms with Crippen LogP contribution in [-0.4, -0.2) is 40.0 Å². The third kappa shape index (κ3) is 6.34. The SMILES string of the molecule is CCOCCOc1ccc(C(C)CNS(=O)(=O)C(C)C)cc1.[HH]. The van der Waals surface area contributed by atoms with Gasteiger partial charge >= 0.3 is 0 Å². The minimum absolute atomic E-state index is 0. The summed E-state index contributed by atoms with van der Waals surface area (Å²) in [4.78, 5) is 0. The van der Waals surface area contributed by atoms with Gasteiger partial charge in [-0.15, -0.1) is 0 Å². The van der Waals surface area contributed by atoms with E-state index in [4.69, 9.17) is 9.47 Å². The van der Waals surface area contributed by atoms with Crippen molar-refractivity contribution in [2.24, 2.45) is 0 Å². The summed E-state index contributed by atoms with van der Waals surface area (Å²) in [6.07, 6.45) is 0. The first-order valence-electron chi connectivity index (χ1n) is 7.65. The average Bonchev–Trinajstić information content (AvgIpc) is 2.50. The Labute approximate surface area is 135 Å². The van der Waals surface area contributed by atoms with E-state index >= 15 is 0 Å². The molecule has 22 heavy (non-hydrogen) atoms. The fourth-order valence-electron chi connectivity index (χ4n) is 1.78. The molecule has 6 heteroatoms. The Balaban J connectivity index is 0.00000484. The molecule has 0 aliphatic carbocycles. The summed E-state index contributed by atoms with van der Waals surface area (Å²) in [6, 6.07) is 7.72. The Hall–Kier alpha value is -1.11. The molecule has 0 fully saturated rings. The van der Waals surface area contributed by atoms with Crippen molar-refractivity contribution in [3.63, 3.8) is 0 Å². The molecule has 0 aliphatic rings. The molecule has 0 saturated heterocycles. The van der Waals surface area contributed by atoms with Gasteiger partial charge in [0, 0.05) is 14.6 Å². The van der Waals surface area contributed by atoms with Crippen LogP contribution in [0.2, 0.25) is 0 Å². The first kappa shape index (κ1) is 18.9. The largest absolute Gasteiger partial charge is 0.491 e. The van der Waals surface area contributed by atoms with E-state index in [0.29, 0.717) is 26.4 Å². The van der Waals surface area contributed by atoms with E-state index in [-0.39, 0.29) is 7.34 Å². The number of nitrogens with one attached hydrogen (secondary N) is 1. The van der Waals surface area contributed by atoms with Crippen LogP contribution < -0.4 is 9.46 Å². The molecule has 1 rings (SSSR count). The molecule has 128 valence electrons. The maximum absolute atomic E-state index is 11.7. The molecule has 1 N–H and O–H groups in total. The number of rotatable bonds is 10. The van der Waals surface area contributed by atoms with E-state index in [1.54, 1.807) is 13.8 Å². The van der Waals surface area contributed by atoms with Gasteiger partial charge in [-0.05, 0) is 44.4 Å². The standard InChI is InChI=1S/C16H27NO4S.H2/c1-5-20-10-11-21-16-8-6-15(7-9-16)14(4)12-17-22(18,19)13(2)3;/h6-9,13-14,17H,5,10-12H2,1-4H3;1H. The zero-order valence-corrected chi connectivity index (χ0v) is 14.7. The minimum Gasteiger partial charge on any atom is -0.491 e. The topological polar surface area (TPSA) is 64.6 Å². The van der Waals surface area contributed by atoms with Gasteiger partial charge in [0.1, 0.15) is 12.4 Å². The molecule has 5 nitrogen and oxygen atoms in total. The molecule has 0 heterocycles. The van der Waals surface area contributed by atoms with Gasteiger partial charge in [-0.3, -0.25) is 0 Å². The van der Waals surface area contributed by atoms with E-state index in [0.717, 1.165) is 11.3 Å². The molecule has 1 aromatic rings. The lowest BCUT2D eigenvalue weighted by Gasteiger charge is -2.15. The van der Waals surface area contributed by atoms with Crippen molar-refractivity contribution < 1.29 is 19.3 Å². The lowest BCUT2D eigenvalue weighted by atomic mass is 10.0. The van der Waals surface area contributed by atoms with Crippen molar-refractivity contribution in [3.05, 3.63) is 29.8 Å². The lowest BCUT2D eigenvalue weighted by Crippen LogP contribution is -2.33. The maximum atomic E-state index is 11.7. The van der Waals surface area contributed by atoms with Crippen LogP contribution in [0.3, 0.4) is 0 Å². The highest BCUT2D eigenvalue weighted by atomic mass is 32.2. The van der Waals surface area contributed by atoms with E-state index in [9.17, 15) is 8.42 Å². The van der Waals surface area contributed by atoms with Crippen molar-refractivity contribution in [2.75, 3.05) is 26.4 Å². The highest BCUT2D eigenvalue weighted by Gasteiger charge is 2.16. The highest BCUT2D eigenvalue weighted by molar-refractivity contribution is 7.90. The summed E-state index contributed by atoms with van der Waals surface area (Å²) in [5.41, 5.74) is 1.07. The molecule has 0 aromatic heterocycles. The molecule has 0 saturated carbocycles. The Bertz CT molecular complexity index is 532. The Kier molecular flexibility index (Phi) is 7.85. The van der Waals surface area contributed by atoms with Gasteiger partial charge in [0.25, 0.3) is 0 Å². The summed E-state index contributed by atoms with van der Waals surface area (Å²) >= 11 is 0. The van der Waals surface area contributed by atoms with Crippen molar-refractivity contribution in [1.29, 1.82) is 0 Å². The van der Waals surface area contributed by atoms with Crippen LogP contribution in [0.15, 0.2) is 24.3 Å². The van der Waals surface area contributed by atoms with Gasteiger partial charge in [-0.2, -0.15) is 0 Å². The van der Waals surface area contributed by atoms with Gasteiger partial charge in [-0.25, -0.2) is 13.1 Å². The van der Waals surface area contributed by atoms with Crippen LogP contribution >= 0.6 is 0 Å². The van der Waals surface area contributed by atoms with Crippen LogP contribution in [0, 0.1) is 0 Å². The zero-order valence-electron chi connectivity index (χ0n) is 13.8. The molecular formula is C16H29NO4S.